The Kier molecular flexibility index (Phi) is 3.39. The lowest BCUT2D eigenvalue weighted by Gasteiger charge is -2.31. The minimum Gasteiger partial charge on any atom is -0.368 e. The number of nitrogens with one attached hydrogen (secondary N) is 1. The zero-order valence-corrected chi connectivity index (χ0v) is 11.6. The van der Waals surface area contributed by atoms with E-state index in [4.69, 9.17) is 4.84 Å². The molecule has 1 unspecified atom stereocenters. The summed E-state index contributed by atoms with van der Waals surface area (Å²) < 4.78 is 0. The van der Waals surface area contributed by atoms with Crippen molar-refractivity contribution < 1.29 is 4.84 Å². The summed E-state index contributed by atoms with van der Waals surface area (Å²) in [6, 6.07) is 18.2. The average molecular weight is 267 g/mol. The average Bonchev–Trinajstić information content (AvgIpc) is 2.49. The molecule has 102 valence electrons. The van der Waals surface area contributed by atoms with Gasteiger partial charge in [-0.05, 0) is 6.92 Å². The molecule has 1 heterocycles. The van der Waals surface area contributed by atoms with E-state index >= 15 is 0 Å². The highest BCUT2D eigenvalue weighted by molar-refractivity contribution is 5.98. The maximum atomic E-state index is 5.58. The fourth-order valence-electron chi connectivity index (χ4n) is 2.13. The van der Waals surface area contributed by atoms with Crippen LogP contribution in [-0.2, 0) is 4.84 Å². The van der Waals surface area contributed by atoms with Crippen LogP contribution in [0.3, 0.4) is 0 Å². The number of aryl methyl sites for hydroxylation is 1. The van der Waals surface area contributed by atoms with E-state index in [1.807, 2.05) is 54.5 Å². The maximum absolute atomic E-state index is 5.58. The van der Waals surface area contributed by atoms with E-state index in [2.05, 4.69) is 29.6 Å². The standard InChI is InChI=1S/C16H17N3O/c1-12-8-10-14(11-9-12)16-17-19(2)15(18-20-16)13-6-4-3-5-7-13/h3-11,16-17H,1-2H3. The van der Waals surface area contributed by atoms with Crippen molar-refractivity contribution >= 4 is 5.84 Å². The van der Waals surface area contributed by atoms with Crippen LogP contribution in [0.2, 0.25) is 0 Å². The summed E-state index contributed by atoms with van der Waals surface area (Å²) in [5, 5.41) is 6.13. The van der Waals surface area contributed by atoms with Gasteiger partial charge in [-0.1, -0.05) is 65.3 Å². The normalized spacial score (nSPS) is 18.4. The van der Waals surface area contributed by atoms with Crippen LogP contribution in [0.4, 0.5) is 0 Å². The first-order valence-corrected chi connectivity index (χ1v) is 6.60. The van der Waals surface area contributed by atoms with Gasteiger partial charge in [-0.2, -0.15) is 5.43 Å². The summed E-state index contributed by atoms with van der Waals surface area (Å²) in [6.07, 6.45) is -0.256. The number of nitrogens with zero attached hydrogens (tertiary/aromatic N) is 2. The van der Waals surface area contributed by atoms with Gasteiger partial charge in [0.05, 0.1) is 0 Å². The zero-order valence-electron chi connectivity index (χ0n) is 11.6. The second kappa shape index (κ2) is 5.35. The molecular formula is C16H17N3O. The van der Waals surface area contributed by atoms with Gasteiger partial charge in [0.2, 0.25) is 6.23 Å². The van der Waals surface area contributed by atoms with Gasteiger partial charge in [-0.15, -0.1) is 0 Å². The lowest BCUT2D eigenvalue weighted by molar-refractivity contribution is -0.0237. The molecule has 1 atom stereocenters. The van der Waals surface area contributed by atoms with Crippen LogP contribution in [0.5, 0.6) is 0 Å². The summed E-state index contributed by atoms with van der Waals surface area (Å²) in [5.41, 5.74) is 6.58. The van der Waals surface area contributed by atoms with Crippen LogP contribution in [0.25, 0.3) is 0 Å². The summed E-state index contributed by atoms with van der Waals surface area (Å²) >= 11 is 0. The second-order valence-electron chi connectivity index (χ2n) is 4.87. The van der Waals surface area contributed by atoms with Crippen molar-refractivity contribution in [1.82, 2.24) is 10.4 Å². The summed E-state index contributed by atoms with van der Waals surface area (Å²) in [5.74, 6) is 0.772. The molecule has 0 spiro atoms. The molecule has 0 saturated heterocycles. The van der Waals surface area contributed by atoms with E-state index in [1.165, 1.54) is 5.56 Å². The Hall–Kier alpha value is -2.33. The molecule has 0 amide bonds. The molecule has 0 aromatic heterocycles. The van der Waals surface area contributed by atoms with Gasteiger partial charge in [0, 0.05) is 18.2 Å². The number of hydrogen-bond donors (Lipinski definition) is 1. The fraction of sp³-hybridized carbons (Fsp3) is 0.188. The zero-order chi connectivity index (χ0) is 13.9. The van der Waals surface area contributed by atoms with Crippen molar-refractivity contribution in [1.29, 1.82) is 0 Å². The minimum absolute atomic E-state index is 0.256. The summed E-state index contributed by atoms with van der Waals surface area (Å²) in [6.45, 7) is 2.07. The van der Waals surface area contributed by atoms with E-state index in [-0.39, 0.29) is 6.23 Å². The number of rotatable bonds is 2. The molecule has 1 aliphatic rings. The third-order valence-corrected chi connectivity index (χ3v) is 3.29. The molecule has 0 saturated carbocycles. The van der Waals surface area contributed by atoms with Crippen LogP contribution < -0.4 is 5.43 Å². The first-order chi connectivity index (χ1) is 9.74. The Morgan fingerprint density at radius 1 is 1.05 bits per heavy atom. The van der Waals surface area contributed by atoms with E-state index in [1.54, 1.807) is 0 Å². The van der Waals surface area contributed by atoms with Crippen LogP contribution in [0.15, 0.2) is 59.8 Å². The number of benzene rings is 2. The molecule has 4 heteroatoms. The van der Waals surface area contributed by atoms with Gasteiger partial charge >= 0.3 is 0 Å². The first kappa shape index (κ1) is 12.7. The molecule has 20 heavy (non-hydrogen) atoms. The quantitative estimate of drug-likeness (QED) is 0.909. The SMILES string of the molecule is Cc1ccc(C2NN(C)C(c3ccccc3)=NO2)cc1. The van der Waals surface area contributed by atoms with Gasteiger partial charge in [-0.25, -0.2) is 0 Å². The van der Waals surface area contributed by atoms with Crippen molar-refractivity contribution in [2.24, 2.45) is 5.16 Å². The lowest BCUT2D eigenvalue weighted by Crippen LogP contribution is -2.46. The smallest absolute Gasteiger partial charge is 0.220 e. The molecule has 2 aromatic carbocycles. The van der Waals surface area contributed by atoms with Crippen LogP contribution in [-0.4, -0.2) is 17.9 Å². The third kappa shape index (κ3) is 2.51. The number of oxime groups is 1. The molecule has 1 N–H and O–H groups in total. The van der Waals surface area contributed by atoms with Gasteiger partial charge < -0.3 is 4.84 Å². The summed E-state index contributed by atoms with van der Waals surface area (Å²) in [7, 11) is 1.94. The minimum atomic E-state index is -0.256. The predicted octanol–water partition coefficient (Wildman–Crippen LogP) is 2.82. The fourth-order valence-corrected chi connectivity index (χ4v) is 2.13. The summed E-state index contributed by atoms with van der Waals surface area (Å²) in [4.78, 5) is 5.58. The van der Waals surface area contributed by atoms with Crippen molar-refractivity contribution in [3.05, 3.63) is 71.3 Å². The Morgan fingerprint density at radius 3 is 2.40 bits per heavy atom. The van der Waals surface area contributed by atoms with Crippen molar-refractivity contribution in [3.63, 3.8) is 0 Å². The Balaban J connectivity index is 1.82. The number of hydrogen-bond acceptors (Lipinski definition) is 4. The molecule has 0 bridgehead atoms. The van der Waals surface area contributed by atoms with Crippen LogP contribution in [0.1, 0.15) is 22.9 Å². The highest BCUT2D eigenvalue weighted by Crippen LogP contribution is 2.20. The molecule has 4 nitrogen and oxygen atoms in total. The monoisotopic (exact) mass is 267 g/mol. The lowest BCUT2D eigenvalue weighted by atomic mass is 10.1. The third-order valence-electron chi connectivity index (χ3n) is 3.29. The topological polar surface area (TPSA) is 36.9 Å². The van der Waals surface area contributed by atoms with Gasteiger partial charge in [0.1, 0.15) is 0 Å². The van der Waals surface area contributed by atoms with Gasteiger partial charge in [0.15, 0.2) is 5.84 Å². The second-order valence-corrected chi connectivity index (χ2v) is 4.87. The Morgan fingerprint density at radius 2 is 1.75 bits per heavy atom. The largest absolute Gasteiger partial charge is 0.368 e. The first-order valence-electron chi connectivity index (χ1n) is 6.60. The van der Waals surface area contributed by atoms with E-state index in [0.29, 0.717) is 0 Å². The Bertz CT molecular complexity index is 607. The molecule has 3 rings (SSSR count). The Labute approximate surface area is 118 Å². The molecule has 0 radical (unpaired) electrons. The van der Waals surface area contributed by atoms with E-state index in [9.17, 15) is 0 Å². The molecule has 1 aliphatic heterocycles. The number of hydrazine groups is 1. The van der Waals surface area contributed by atoms with Crippen LogP contribution >= 0.6 is 0 Å². The number of amidine groups is 1. The van der Waals surface area contributed by atoms with Crippen molar-refractivity contribution in [2.75, 3.05) is 7.05 Å². The van der Waals surface area contributed by atoms with Gasteiger partial charge in [-0.3, -0.25) is 5.01 Å². The van der Waals surface area contributed by atoms with Crippen LogP contribution in [0, 0.1) is 6.92 Å². The molecule has 0 fully saturated rings. The molecule has 0 aliphatic carbocycles. The highest BCUT2D eigenvalue weighted by Gasteiger charge is 2.23. The van der Waals surface area contributed by atoms with Crippen molar-refractivity contribution in [3.8, 4) is 0 Å². The highest BCUT2D eigenvalue weighted by atomic mass is 16.7. The van der Waals surface area contributed by atoms with E-state index < -0.39 is 0 Å². The predicted molar refractivity (Wildman–Crippen MR) is 78.9 cm³/mol. The molecule has 2 aromatic rings. The van der Waals surface area contributed by atoms with E-state index in [0.717, 1.165) is 17.0 Å². The molecular weight excluding hydrogens is 250 g/mol. The maximum Gasteiger partial charge on any atom is 0.220 e. The van der Waals surface area contributed by atoms with Gasteiger partial charge in [0.25, 0.3) is 0 Å². The van der Waals surface area contributed by atoms with Crippen molar-refractivity contribution in [2.45, 2.75) is 13.2 Å².